The molecule has 2 aromatic rings. The van der Waals surface area contributed by atoms with Gasteiger partial charge in [0.1, 0.15) is 16.4 Å². The van der Waals surface area contributed by atoms with Gasteiger partial charge in [0.15, 0.2) is 6.61 Å². The summed E-state index contributed by atoms with van der Waals surface area (Å²) in [4.78, 5) is 26.5. The fraction of sp³-hybridized carbons (Fsp3) is 0.300. The monoisotopic (exact) mass is 465 g/mol. The number of carbonyl (C=O) groups is 2. The third-order valence-corrected chi connectivity index (χ3v) is 6.78. The molecule has 2 heterocycles. The minimum atomic E-state index is -4.23. The molecule has 4 rings (SSSR count). The zero-order valence-corrected chi connectivity index (χ0v) is 18.2. The summed E-state index contributed by atoms with van der Waals surface area (Å²) in [6, 6.07) is 9.20. The van der Waals surface area contributed by atoms with E-state index in [1.807, 2.05) is 0 Å². The lowest BCUT2D eigenvalue weighted by atomic mass is 10.2. The zero-order valence-electron chi connectivity index (χ0n) is 16.6. The fourth-order valence-corrected chi connectivity index (χ4v) is 4.89. The van der Waals surface area contributed by atoms with Crippen molar-refractivity contribution in [2.24, 2.45) is 0 Å². The molecule has 0 unspecified atom stereocenters. The first-order valence-electron chi connectivity index (χ1n) is 9.54. The first-order chi connectivity index (χ1) is 14.7. The molecule has 1 saturated heterocycles. The molecule has 164 valence electrons. The molecular weight excluding hydrogens is 446 g/mol. The smallest absolute Gasteiger partial charge is 0.340 e. The van der Waals surface area contributed by atoms with Crippen LogP contribution < -0.4 is 19.1 Å². The van der Waals surface area contributed by atoms with E-state index in [-0.39, 0.29) is 39.8 Å². The number of ether oxygens (including phenoxy) is 1. The van der Waals surface area contributed by atoms with Crippen LogP contribution in [0.3, 0.4) is 0 Å². The van der Waals surface area contributed by atoms with Gasteiger partial charge < -0.3 is 24.0 Å². The number of anilines is 2. The fourth-order valence-electron chi connectivity index (χ4n) is 3.44. The van der Waals surface area contributed by atoms with E-state index in [9.17, 15) is 18.0 Å². The van der Waals surface area contributed by atoms with E-state index in [1.165, 1.54) is 12.1 Å². The molecular formula is C20H20ClN3O6S. The maximum Gasteiger partial charge on any atom is 0.340 e. The summed E-state index contributed by atoms with van der Waals surface area (Å²) in [6.45, 7) is 4.01. The minimum Gasteiger partial charge on any atom is -0.482 e. The number of nitrogens with one attached hydrogen (secondary N) is 1. The summed E-state index contributed by atoms with van der Waals surface area (Å²) in [7, 11) is -4.23. The average molecular weight is 466 g/mol. The van der Waals surface area contributed by atoms with Gasteiger partial charge in [-0.2, -0.15) is 8.42 Å². The summed E-state index contributed by atoms with van der Waals surface area (Å²) in [6.07, 6.45) is 0. The third kappa shape index (κ3) is 4.54. The first-order valence-corrected chi connectivity index (χ1v) is 11.3. The van der Waals surface area contributed by atoms with E-state index in [0.29, 0.717) is 31.9 Å². The van der Waals surface area contributed by atoms with Crippen LogP contribution in [0, 0.1) is 0 Å². The van der Waals surface area contributed by atoms with Gasteiger partial charge in [0.05, 0.1) is 10.7 Å². The number of hydrogen-bond acceptors (Lipinski definition) is 7. The van der Waals surface area contributed by atoms with Gasteiger partial charge in [0, 0.05) is 44.9 Å². The van der Waals surface area contributed by atoms with Crippen LogP contribution in [0.25, 0.3) is 0 Å². The Bertz CT molecular complexity index is 1130. The van der Waals surface area contributed by atoms with Gasteiger partial charge in [0.25, 0.3) is 5.91 Å². The first kappa shape index (κ1) is 21.3. The van der Waals surface area contributed by atoms with Crippen LogP contribution in [-0.2, 0) is 19.7 Å². The summed E-state index contributed by atoms with van der Waals surface area (Å²) in [5.41, 5.74) is 1.21. The van der Waals surface area contributed by atoms with Crippen LogP contribution in [0.5, 0.6) is 11.5 Å². The summed E-state index contributed by atoms with van der Waals surface area (Å²) in [5, 5.41) is 2.47. The van der Waals surface area contributed by atoms with Crippen LogP contribution in [0.2, 0.25) is 5.02 Å². The largest absolute Gasteiger partial charge is 0.482 e. The van der Waals surface area contributed by atoms with Gasteiger partial charge in [-0.15, -0.1) is 0 Å². The Morgan fingerprint density at radius 1 is 1.13 bits per heavy atom. The SMILES string of the molecule is CC(=O)N1CCN(c2ccc(OS(=O)(=O)c3cc4c(cc3Cl)NC(=O)CO4)cc2)CC1. The van der Waals surface area contributed by atoms with Crippen molar-refractivity contribution in [1.82, 2.24) is 4.90 Å². The Hall–Kier alpha value is -2.98. The molecule has 11 heteroatoms. The normalized spacial score (nSPS) is 16.3. The van der Waals surface area contributed by atoms with E-state index >= 15 is 0 Å². The molecule has 0 aliphatic carbocycles. The topological polar surface area (TPSA) is 105 Å². The number of fused-ring (bicyclic) bond motifs is 1. The van der Waals surface area contributed by atoms with Gasteiger partial charge in [-0.3, -0.25) is 9.59 Å². The Morgan fingerprint density at radius 2 is 1.81 bits per heavy atom. The number of amides is 2. The third-order valence-electron chi connectivity index (χ3n) is 5.07. The molecule has 0 aromatic heterocycles. The van der Waals surface area contributed by atoms with E-state index in [1.54, 1.807) is 36.1 Å². The summed E-state index contributed by atoms with van der Waals surface area (Å²) < 4.78 is 36.0. The quantitative estimate of drug-likeness (QED) is 0.689. The highest BCUT2D eigenvalue weighted by Crippen LogP contribution is 2.36. The number of carbonyl (C=O) groups excluding carboxylic acids is 2. The number of piperazine rings is 1. The van der Waals surface area contributed by atoms with Gasteiger partial charge in [-0.25, -0.2) is 0 Å². The van der Waals surface area contributed by atoms with Crippen LogP contribution in [0.1, 0.15) is 6.92 Å². The van der Waals surface area contributed by atoms with Gasteiger partial charge >= 0.3 is 10.1 Å². The highest BCUT2D eigenvalue weighted by Gasteiger charge is 2.26. The van der Waals surface area contributed by atoms with Crippen LogP contribution >= 0.6 is 11.6 Å². The number of halogens is 1. The zero-order chi connectivity index (χ0) is 22.2. The van der Waals surface area contributed by atoms with E-state index < -0.39 is 10.1 Å². The molecule has 0 bridgehead atoms. The molecule has 0 saturated carbocycles. The van der Waals surface area contributed by atoms with Crippen molar-refractivity contribution in [1.29, 1.82) is 0 Å². The molecule has 1 fully saturated rings. The standard InChI is InChI=1S/C20H20ClN3O6S/c1-13(25)23-6-8-24(9-7-23)14-2-4-15(5-3-14)30-31(27,28)19-11-18-17(10-16(19)21)22-20(26)12-29-18/h2-5,10-11H,6-9,12H2,1H3,(H,22,26). The molecule has 1 N–H and O–H groups in total. The van der Waals surface area contributed by atoms with Gasteiger partial charge in [-0.1, -0.05) is 11.6 Å². The number of rotatable bonds is 4. The van der Waals surface area contributed by atoms with Crippen molar-refractivity contribution in [2.45, 2.75) is 11.8 Å². The number of nitrogens with zero attached hydrogens (tertiary/aromatic N) is 2. The van der Waals surface area contributed by atoms with Crippen molar-refractivity contribution in [3.05, 3.63) is 41.4 Å². The van der Waals surface area contributed by atoms with Crippen LogP contribution in [0.4, 0.5) is 11.4 Å². The predicted octanol–water partition coefficient (Wildman–Crippen LogP) is 2.11. The lowest BCUT2D eigenvalue weighted by Crippen LogP contribution is -2.48. The second kappa shape index (κ2) is 8.27. The van der Waals surface area contributed by atoms with Gasteiger partial charge in [-0.05, 0) is 30.3 Å². The summed E-state index contributed by atoms with van der Waals surface area (Å²) >= 11 is 6.12. The highest BCUT2D eigenvalue weighted by molar-refractivity contribution is 7.87. The molecule has 9 nitrogen and oxygen atoms in total. The maximum absolute atomic E-state index is 12.8. The molecule has 2 amide bonds. The second-order valence-corrected chi connectivity index (χ2v) is 9.06. The Labute approximate surface area is 184 Å². The van der Waals surface area contributed by atoms with E-state index in [0.717, 1.165) is 5.69 Å². The van der Waals surface area contributed by atoms with Crippen molar-refractivity contribution < 1.29 is 26.9 Å². The number of hydrogen-bond donors (Lipinski definition) is 1. The van der Waals surface area contributed by atoms with Crippen molar-refractivity contribution in [2.75, 3.05) is 43.0 Å². The Balaban J connectivity index is 1.48. The highest BCUT2D eigenvalue weighted by atomic mass is 35.5. The maximum atomic E-state index is 12.8. The molecule has 31 heavy (non-hydrogen) atoms. The predicted molar refractivity (Wildman–Crippen MR) is 114 cm³/mol. The molecule has 0 atom stereocenters. The minimum absolute atomic E-state index is 0.0576. The molecule has 2 aliphatic rings. The van der Waals surface area contributed by atoms with Crippen molar-refractivity contribution in [3.8, 4) is 11.5 Å². The van der Waals surface area contributed by atoms with Gasteiger partial charge in [0.2, 0.25) is 5.91 Å². The molecule has 0 spiro atoms. The summed E-state index contributed by atoms with van der Waals surface area (Å²) in [5.74, 6) is 0.0424. The van der Waals surface area contributed by atoms with Crippen LogP contribution in [0.15, 0.2) is 41.3 Å². The van der Waals surface area contributed by atoms with E-state index in [4.69, 9.17) is 20.5 Å². The van der Waals surface area contributed by atoms with Crippen molar-refractivity contribution in [3.63, 3.8) is 0 Å². The van der Waals surface area contributed by atoms with Crippen LogP contribution in [-0.4, -0.2) is 57.9 Å². The molecule has 0 radical (unpaired) electrons. The lowest BCUT2D eigenvalue weighted by molar-refractivity contribution is -0.129. The molecule has 2 aliphatic heterocycles. The molecule has 2 aromatic carbocycles. The Morgan fingerprint density at radius 3 is 2.45 bits per heavy atom. The Kier molecular flexibility index (Phi) is 5.67. The average Bonchev–Trinajstić information content (AvgIpc) is 2.73. The second-order valence-electron chi connectivity index (χ2n) is 7.14. The number of benzene rings is 2. The lowest BCUT2D eigenvalue weighted by Gasteiger charge is -2.35. The van der Waals surface area contributed by atoms with E-state index in [2.05, 4.69) is 10.2 Å². The van der Waals surface area contributed by atoms with Crippen molar-refractivity contribution >= 4 is 44.9 Å².